The summed E-state index contributed by atoms with van der Waals surface area (Å²) < 4.78 is 0. The summed E-state index contributed by atoms with van der Waals surface area (Å²) in [4.78, 5) is 39.4. The number of aryl methyl sites for hydroxylation is 1. The molecule has 0 saturated carbocycles. The van der Waals surface area contributed by atoms with Crippen LogP contribution in [-0.2, 0) is 16.1 Å². The predicted molar refractivity (Wildman–Crippen MR) is 66.7 cm³/mol. The summed E-state index contributed by atoms with van der Waals surface area (Å²) in [6, 6.07) is 0. The number of carboxylic acid groups (broad SMARTS) is 1. The van der Waals surface area contributed by atoms with Gasteiger partial charge in [0.25, 0.3) is 0 Å². The largest absolute Gasteiger partial charge is 0.477 e. The molecular weight excluding hydrogens is 276 g/mol. The van der Waals surface area contributed by atoms with Gasteiger partial charge in [0.2, 0.25) is 11.8 Å². The Bertz CT molecular complexity index is 510. The third kappa shape index (κ3) is 2.54. The van der Waals surface area contributed by atoms with Crippen LogP contribution in [-0.4, -0.2) is 44.3 Å². The van der Waals surface area contributed by atoms with Crippen LogP contribution in [0.4, 0.5) is 0 Å². The van der Waals surface area contributed by atoms with E-state index in [4.69, 9.17) is 5.11 Å². The number of nitrogens with zero attached hydrogens (tertiary/aromatic N) is 2. The van der Waals surface area contributed by atoms with Crippen LogP contribution in [0.15, 0.2) is 0 Å². The molecule has 0 spiro atoms. The molecular formula is C10H10N2O4S2. The molecule has 8 heteroatoms. The first kappa shape index (κ1) is 13.0. The molecule has 6 nitrogen and oxygen atoms in total. The first-order valence-corrected chi connectivity index (χ1v) is 7.06. The van der Waals surface area contributed by atoms with Crippen molar-refractivity contribution in [3.05, 3.63) is 15.6 Å². The van der Waals surface area contributed by atoms with E-state index in [0.717, 1.165) is 16.2 Å². The SMILES string of the molecule is Cc1nc(CN2C(=O)CSCC2=O)sc1C(=O)O. The van der Waals surface area contributed by atoms with Crippen molar-refractivity contribution < 1.29 is 19.5 Å². The van der Waals surface area contributed by atoms with Crippen molar-refractivity contribution in [3.63, 3.8) is 0 Å². The number of thioether (sulfide) groups is 1. The molecule has 0 aromatic carbocycles. The third-order valence-corrected chi connectivity index (χ3v) is 4.41. The summed E-state index contributed by atoms with van der Waals surface area (Å²) in [7, 11) is 0. The van der Waals surface area contributed by atoms with Crippen molar-refractivity contribution in [2.45, 2.75) is 13.5 Å². The monoisotopic (exact) mass is 286 g/mol. The van der Waals surface area contributed by atoms with Gasteiger partial charge < -0.3 is 5.11 Å². The molecule has 1 saturated heterocycles. The Morgan fingerprint density at radius 1 is 1.39 bits per heavy atom. The second-order valence-electron chi connectivity index (χ2n) is 3.69. The molecule has 96 valence electrons. The van der Waals surface area contributed by atoms with Crippen LogP contribution in [0.25, 0.3) is 0 Å². The van der Waals surface area contributed by atoms with Crippen molar-refractivity contribution in [1.82, 2.24) is 9.88 Å². The van der Waals surface area contributed by atoms with Crippen LogP contribution in [0.1, 0.15) is 20.4 Å². The number of carboxylic acids is 1. The Morgan fingerprint density at radius 2 is 2.00 bits per heavy atom. The van der Waals surface area contributed by atoms with Crippen molar-refractivity contribution in [3.8, 4) is 0 Å². The van der Waals surface area contributed by atoms with Crippen molar-refractivity contribution >= 4 is 40.9 Å². The summed E-state index contributed by atoms with van der Waals surface area (Å²) in [6.07, 6.45) is 0. The molecule has 2 amide bonds. The third-order valence-electron chi connectivity index (χ3n) is 2.38. The highest BCUT2D eigenvalue weighted by molar-refractivity contribution is 8.00. The molecule has 1 aromatic heterocycles. The molecule has 0 radical (unpaired) electrons. The van der Waals surface area contributed by atoms with Gasteiger partial charge in [0.15, 0.2) is 0 Å². The Kier molecular flexibility index (Phi) is 3.67. The van der Waals surface area contributed by atoms with Crippen molar-refractivity contribution in [1.29, 1.82) is 0 Å². The maximum atomic E-state index is 11.6. The van der Waals surface area contributed by atoms with Gasteiger partial charge in [0.1, 0.15) is 9.88 Å². The zero-order valence-electron chi connectivity index (χ0n) is 9.50. The van der Waals surface area contributed by atoms with E-state index >= 15 is 0 Å². The molecule has 2 rings (SSSR count). The number of hydrogen-bond acceptors (Lipinski definition) is 6. The Morgan fingerprint density at radius 3 is 2.50 bits per heavy atom. The minimum atomic E-state index is -1.04. The van der Waals surface area contributed by atoms with Crippen LogP contribution in [0, 0.1) is 6.92 Å². The standard InChI is InChI=1S/C10H10N2O4S2/c1-5-9(10(15)16)18-6(11-5)2-12-7(13)3-17-4-8(12)14/h2-4H2,1H3,(H,15,16). The molecule has 18 heavy (non-hydrogen) atoms. The number of rotatable bonds is 3. The van der Waals surface area contributed by atoms with Crippen LogP contribution in [0.3, 0.4) is 0 Å². The summed E-state index contributed by atoms with van der Waals surface area (Å²) >= 11 is 2.29. The van der Waals surface area contributed by atoms with Crippen LogP contribution >= 0.6 is 23.1 Å². The molecule has 1 aliphatic rings. The number of carbonyl (C=O) groups is 3. The molecule has 1 fully saturated rings. The zero-order chi connectivity index (χ0) is 13.3. The number of hydrogen-bond donors (Lipinski definition) is 1. The molecule has 0 bridgehead atoms. The molecule has 1 N–H and O–H groups in total. The van der Waals surface area contributed by atoms with Crippen LogP contribution < -0.4 is 0 Å². The van der Waals surface area contributed by atoms with E-state index in [2.05, 4.69) is 4.98 Å². The quantitative estimate of drug-likeness (QED) is 0.825. The second kappa shape index (κ2) is 5.07. The fourth-order valence-electron chi connectivity index (χ4n) is 1.55. The van der Waals surface area contributed by atoms with E-state index in [1.807, 2.05) is 0 Å². The molecule has 1 aliphatic heterocycles. The fourth-order valence-corrected chi connectivity index (χ4v) is 3.21. The summed E-state index contributed by atoms with van der Waals surface area (Å²) in [5.41, 5.74) is 0.411. The van der Waals surface area contributed by atoms with Gasteiger partial charge in [0.05, 0.1) is 23.7 Å². The van der Waals surface area contributed by atoms with E-state index in [1.54, 1.807) is 6.92 Å². The van der Waals surface area contributed by atoms with Gasteiger partial charge in [-0.15, -0.1) is 23.1 Å². The minimum Gasteiger partial charge on any atom is -0.477 e. The number of amides is 2. The van der Waals surface area contributed by atoms with Gasteiger partial charge >= 0.3 is 5.97 Å². The second-order valence-corrected chi connectivity index (χ2v) is 5.76. The maximum absolute atomic E-state index is 11.6. The Hall–Kier alpha value is -1.41. The van der Waals surface area contributed by atoms with Gasteiger partial charge in [-0.25, -0.2) is 9.78 Å². The lowest BCUT2D eigenvalue weighted by molar-refractivity contribution is -0.142. The topological polar surface area (TPSA) is 87.6 Å². The van der Waals surface area contributed by atoms with E-state index in [-0.39, 0.29) is 34.7 Å². The Labute approximate surface area is 111 Å². The lowest BCUT2D eigenvalue weighted by Gasteiger charge is -2.23. The molecule has 0 unspecified atom stereocenters. The highest BCUT2D eigenvalue weighted by atomic mass is 32.2. The van der Waals surface area contributed by atoms with Crippen LogP contribution in [0.2, 0.25) is 0 Å². The normalized spacial score (nSPS) is 16.2. The maximum Gasteiger partial charge on any atom is 0.347 e. The van der Waals surface area contributed by atoms with Crippen molar-refractivity contribution in [2.75, 3.05) is 11.5 Å². The van der Waals surface area contributed by atoms with E-state index in [0.29, 0.717) is 10.7 Å². The highest BCUT2D eigenvalue weighted by Gasteiger charge is 2.27. The number of imide groups is 1. The zero-order valence-corrected chi connectivity index (χ0v) is 11.1. The first-order chi connectivity index (χ1) is 8.49. The lowest BCUT2D eigenvalue weighted by atomic mass is 10.4. The van der Waals surface area contributed by atoms with Gasteiger partial charge in [-0.05, 0) is 6.92 Å². The van der Waals surface area contributed by atoms with Gasteiger partial charge in [0, 0.05) is 0 Å². The highest BCUT2D eigenvalue weighted by Crippen LogP contribution is 2.21. The van der Waals surface area contributed by atoms with Gasteiger partial charge in [-0.3, -0.25) is 14.5 Å². The summed E-state index contributed by atoms with van der Waals surface area (Å²) in [5.74, 6) is -0.978. The average Bonchev–Trinajstić information content (AvgIpc) is 2.65. The van der Waals surface area contributed by atoms with Gasteiger partial charge in [-0.1, -0.05) is 0 Å². The summed E-state index contributed by atoms with van der Waals surface area (Å²) in [5, 5.41) is 9.38. The smallest absolute Gasteiger partial charge is 0.347 e. The molecule has 1 aromatic rings. The summed E-state index contributed by atoms with van der Waals surface area (Å²) in [6.45, 7) is 1.66. The number of carbonyl (C=O) groups excluding carboxylic acids is 2. The molecule has 0 aliphatic carbocycles. The molecule has 0 atom stereocenters. The lowest BCUT2D eigenvalue weighted by Crippen LogP contribution is -2.42. The van der Waals surface area contributed by atoms with E-state index in [1.165, 1.54) is 11.8 Å². The van der Waals surface area contributed by atoms with Gasteiger partial charge in [-0.2, -0.15) is 0 Å². The minimum absolute atomic E-state index is 0.0665. The van der Waals surface area contributed by atoms with E-state index in [9.17, 15) is 14.4 Å². The fraction of sp³-hybridized carbons (Fsp3) is 0.400. The number of aromatic nitrogens is 1. The number of aromatic carboxylic acids is 1. The van der Waals surface area contributed by atoms with E-state index < -0.39 is 5.97 Å². The molecule has 2 heterocycles. The average molecular weight is 286 g/mol. The van der Waals surface area contributed by atoms with Crippen molar-refractivity contribution in [2.24, 2.45) is 0 Å². The van der Waals surface area contributed by atoms with Crippen LogP contribution in [0.5, 0.6) is 0 Å². The number of thiazole rings is 1. The Balaban J connectivity index is 2.18. The first-order valence-electron chi connectivity index (χ1n) is 5.09. The predicted octanol–water partition coefficient (Wildman–Crippen LogP) is 0.752.